The van der Waals surface area contributed by atoms with Crippen molar-refractivity contribution in [2.24, 2.45) is 0 Å². The van der Waals surface area contributed by atoms with Crippen LogP contribution in [0.15, 0.2) is 17.2 Å². The lowest BCUT2D eigenvalue weighted by Crippen LogP contribution is -2.13. The molecule has 0 saturated heterocycles. The third-order valence-corrected chi connectivity index (χ3v) is 1.86. The first-order chi connectivity index (χ1) is 5.95. The summed E-state index contributed by atoms with van der Waals surface area (Å²) in [5, 5.41) is 3.92. The zero-order valence-electron chi connectivity index (χ0n) is 8.66. The van der Waals surface area contributed by atoms with Crippen molar-refractivity contribution in [3.8, 4) is 0 Å². The lowest BCUT2D eigenvalue weighted by Gasteiger charge is -2.10. The summed E-state index contributed by atoms with van der Waals surface area (Å²) in [5.41, 5.74) is -0.0529. The normalized spacial score (nSPS) is 14.2. The molecule has 0 amide bonds. The molecule has 3 nitrogen and oxygen atoms in total. The maximum atomic E-state index is 5.11. The van der Waals surface area contributed by atoms with Crippen LogP contribution in [0.5, 0.6) is 0 Å². The molecule has 1 unspecified atom stereocenters. The Bertz CT molecular complexity index is 296. The van der Waals surface area contributed by atoms with E-state index in [-0.39, 0.29) is 11.3 Å². The lowest BCUT2D eigenvalue weighted by molar-refractivity contribution is 0.358. The molecule has 0 aliphatic rings. The molecule has 0 aromatic carbocycles. The third kappa shape index (κ3) is 2.17. The number of rotatable bonds is 2. The summed E-state index contributed by atoms with van der Waals surface area (Å²) >= 11 is 0. The van der Waals surface area contributed by atoms with Gasteiger partial charge in [0.15, 0.2) is 5.82 Å². The molecule has 1 rings (SSSR count). The fourth-order valence-corrected chi connectivity index (χ4v) is 0.826. The first-order valence-electron chi connectivity index (χ1n) is 4.42. The van der Waals surface area contributed by atoms with Crippen molar-refractivity contribution in [1.29, 1.82) is 0 Å². The Kier molecular flexibility index (Phi) is 2.55. The average molecular weight is 180 g/mol. The van der Waals surface area contributed by atoms with Crippen LogP contribution in [0.4, 0.5) is 0 Å². The van der Waals surface area contributed by atoms with E-state index in [2.05, 4.69) is 37.5 Å². The first-order valence-corrected chi connectivity index (χ1v) is 4.42. The minimum atomic E-state index is -0.0529. The molecule has 72 valence electrons. The summed E-state index contributed by atoms with van der Waals surface area (Å²) in [7, 11) is 0. The second kappa shape index (κ2) is 3.32. The lowest BCUT2D eigenvalue weighted by atomic mass is 9.96. The van der Waals surface area contributed by atoms with Crippen molar-refractivity contribution in [1.82, 2.24) is 10.1 Å². The van der Waals surface area contributed by atoms with E-state index >= 15 is 0 Å². The summed E-state index contributed by atoms with van der Waals surface area (Å²) in [5.74, 6) is 1.51. The Hall–Kier alpha value is -1.12. The largest absolute Gasteiger partial charge is 0.339 e. The van der Waals surface area contributed by atoms with E-state index in [1.54, 1.807) is 6.08 Å². The van der Waals surface area contributed by atoms with Gasteiger partial charge in [-0.05, 0) is 0 Å². The van der Waals surface area contributed by atoms with Crippen molar-refractivity contribution in [3.63, 3.8) is 0 Å². The number of nitrogens with zero attached hydrogens (tertiary/aromatic N) is 2. The van der Waals surface area contributed by atoms with Crippen molar-refractivity contribution in [3.05, 3.63) is 24.4 Å². The second-order valence-electron chi connectivity index (χ2n) is 4.23. The minimum absolute atomic E-state index is 0.0529. The Balaban J connectivity index is 2.93. The molecule has 0 aliphatic heterocycles. The third-order valence-electron chi connectivity index (χ3n) is 1.86. The zero-order valence-corrected chi connectivity index (χ0v) is 8.66. The monoisotopic (exact) mass is 180 g/mol. The summed E-state index contributed by atoms with van der Waals surface area (Å²) in [6.07, 6.45) is 1.79. The zero-order chi connectivity index (χ0) is 10.1. The van der Waals surface area contributed by atoms with Crippen LogP contribution in [0.1, 0.15) is 45.3 Å². The van der Waals surface area contributed by atoms with E-state index in [1.165, 1.54) is 0 Å². The van der Waals surface area contributed by atoms with E-state index in [9.17, 15) is 0 Å². The van der Waals surface area contributed by atoms with Gasteiger partial charge >= 0.3 is 0 Å². The molecule has 0 N–H and O–H groups in total. The molecular formula is C10H16N2O. The Morgan fingerprint density at radius 2 is 2.08 bits per heavy atom. The molecule has 13 heavy (non-hydrogen) atoms. The molecule has 1 heterocycles. The number of hydrogen-bond acceptors (Lipinski definition) is 3. The van der Waals surface area contributed by atoms with Gasteiger partial charge < -0.3 is 4.52 Å². The van der Waals surface area contributed by atoms with Crippen LogP contribution >= 0.6 is 0 Å². The van der Waals surface area contributed by atoms with Crippen LogP contribution in [0.3, 0.4) is 0 Å². The Morgan fingerprint density at radius 1 is 1.46 bits per heavy atom. The summed E-state index contributed by atoms with van der Waals surface area (Å²) in [6, 6.07) is 0. The van der Waals surface area contributed by atoms with Gasteiger partial charge in [-0.2, -0.15) is 4.98 Å². The Morgan fingerprint density at radius 3 is 2.46 bits per heavy atom. The van der Waals surface area contributed by atoms with Gasteiger partial charge in [-0.25, -0.2) is 0 Å². The van der Waals surface area contributed by atoms with E-state index < -0.39 is 0 Å². The van der Waals surface area contributed by atoms with Crippen LogP contribution in [-0.2, 0) is 5.41 Å². The van der Waals surface area contributed by atoms with Gasteiger partial charge in [0.2, 0.25) is 5.89 Å². The summed E-state index contributed by atoms with van der Waals surface area (Å²) < 4.78 is 5.11. The molecule has 0 saturated carbocycles. The van der Waals surface area contributed by atoms with Crippen molar-refractivity contribution in [2.75, 3.05) is 0 Å². The van der Waals surface area contributed by atoms with Crippen LogP contribution in [-0.4, -0.2) is 10.1 Å². The summed E-state index contributed by atoms with van der Waals surface area (Å²) in [4.78, 5) is 4.30. The van der Waals surface area contributed by atoms with Crippen LogP contribution in [0.2, 0.25) is 0 Å². The molecule has 0 radical (unpaired) electrons. The Labute approximate surface area is 78.8 Å². The fraction of sp³-hybridized carbons (Fsp3) is 0.600. The molecule has 0 aliphatic carbocycles. The van der Waals surface area contributed by atoms with Crippen LogP contribution in [0.25, 0.3) is 0 Å². The van der Waals surface area contributed by atoms with E-state index in [4.69, 9.17) is 4.52 Å². The van der Waals surface area contributed by atoms with E-state index in [0.717, 1.165) is 5.82 Å². The number of aromatic nitrogens is 2. The highest BCUT2D eigenvalue weighted by molar-refractivity contribution is 5.05. The van der Waals surface area contributed by atoms with Gasteiger partial charge in [0.25, 0.3) is 0 Å². The highest BCUT2D eigenvalue weighted by Crippen LogP contribution is 2.21. The average Bonchev–Trinajstić information content (AvgIpc) is 2.50. The topological polar surface area (TPSA) is 38.9 Å². The molecular weight excluding hydrogens is 164 g/mol. The predicted molar refractivity (Wildman–Crippen MR) is 51.6 cm³/mol. The molecule has 1 atom stereocenters. The summed E-state index contributed by atoms with van der Waals surface area (Å²) in [6.45, 7) is 11.8. The predicted octanol–water partition coefficient (Wildman–Crippen LogP) is 2.66. The van der Waals surface area contributed by atoms with Gasteiger partial charge in [0, 0.05) is 5.41 Å². The van der Waals surface area contributed by atoms with Crippen LogP contribution < -0.4 is 0 Å². The highest BCUT2D eigenvalue weighted by Gasteiger charge is 2.21. The molecule has 0 spiro atoms. The van der Waals surface area contributed by atoms with Gasteiger partial charge in [-0.15, -0.1) is 6.58 Å². The van der Waals surface area contributed by atoms with Gasteiger partial charge in [-0.1, -0.05) is 38.9 Å². The van der Waals surface area contributed by atoms with Crippen molar-refractivity contribution in [2.45, 2.75) is 39.0 Å². The van der Waals surface area contributed by atoms with Gasteiger partial charge in [0.05, 0.1) is 5.92 Å². The standard InChI is InChI=1S/C10H16N2O/c1-6-7(2)8-11-9(12-13-8)10(3,4)5/h6-7H,1H2,2-5H3. The van der Waals surface area contributed by atoms with Crippen molar-refractivity contribution < 1.29 is 4.52 Å². The SMILES string of the molecule is C=CC(C)c1nc(C(C)(C)C)no1. The van der Waals surface area contributed by atoms with E-state index in [1.807, 2.05) is 6.92 Å². The quantitative estimate of drug-likeness (QED) is 0.657. The number of hydrogen-bond donors (Lipinski definition) is 0. The van der Waals surface area contributed by atoms with E-state index in [0.29, 0.717) is 5.89 Å². The molecule has 0 bridgehead atoms. The van der Waals surface area contributed by atoms with Crippen LogP contribution in [0, 0.1) is 0 Å². The maximum absolute atomic E-state index is 5.11. The molecule has 0 fully saturated rings. The number of allylic oxidation sites excluding steroid dienone is 1. The minimum Gasteiger partial charge on any atom is -0.339 e. The van der Waals surface area contributed by atoms with Gasteiger partial charge in [0.1, 0.15) is 0 Å². The molecule has 1 aromatic rings. The van der Waals surface area contributed by atoms with Crippen molar-refractivity contribution >= 4 is 0 Å². The highest BCUT2D eigenvalue weighted by atomic mass is 16.5. The maximum Gasteiger partial charge on any atom is 0.233 e. The molecule has 3 heteroatoms. The first kappa shape index (κ1) is 9.96. The fourth-order valence-electron chi connectivity index (χ4n) is 0.826. The smallest absolute Gasteiger partial charge is 0.233 e. The molecule has 1 aromatic heterocycles. The van der Waals surface area contributed by atoms with Gasteiger partial charge in [-0.3, -0.25) is 0 Å². The second-order valence-corrected chi connectivity index (χ2v) is 4.23.